The van der Waals surface area contributed by atoms with Gasteiger partial charge in [0.15, 0.2) is 17.0 Å². The van der Waals surface area contributed by atoms with Gasteiger partial charge in [-0.15, -0.1) is 25.3 Å². The topological polar surface area (TPSA) is 655 Å². The standard InChI is InChI=1S/C33H20Cl2N6O12S3.C29H19N3O12S3.2O3S/c1-41(33-39-31(34)38-32(35)40-33)19-13-20(54(45,46)47)17(11-21(19)55(48,49)50)36-18-12-22(56(51,52)53)27-25-23(15-9-5-6-10-16(15)29(43)24(18)25)26(30(44)37-27)28(42)14-7-3-2-4-8-14;30-16-10-20(46(39,40)41)17(11-19(16)45(36,37)38)31-18-12-21(47(42,43)44)26-24-22(14-8-4-5-9-15(14)28(34)23(18)24)25(29(35)32-26)27(33)13-6-2-1-3-7-13;2*1-4(2)3/h2-13,36H,1H3,(H,37,44)(H,45,46,47)(H,48,49,50)(H,51,52,53);1-12,31,33H,30H2,(H,36,37,38)(H,39,40,41)(H,42,43,44);;. The summed E-state index contributed by atoms with van der Waals surface area (Å²) in [4.78, 5) is 81.7. The molecule has 0 spiro atoms. The molecule has 111 heavy (non-hydrogen) atoms. The lowest BCUT2D eigenvalue weighted by atomic mass is 9.80. The Labute approximate surface area is 632 Å². The van der Waals surface area contributed by atoms with Gasteiger partial charge >= 0.3 is 21.2 Å². The molecule has 2 aliphatic carbocycles. The fourth-order valence-electron chi connectivity index (χ4n) is 11.7. The SMILES string of the molecule is CN(c1nc(Cl)nc(Cl)n1)c1cc(S(=O)(=O)O)c(Nc2cc(S(=O)(=O)O)c3[nH]c(=O)c(C(=O)c4ccccc4)c4c3c2C(=O)c2ccccc2-4)cc1S(=O)(=O)O.Nc1cc(S(=O)(=O)O)c(Nc2cc(S(=O)(=O)O)c3nc(=O)c(=C(O)c4ccccc4)c4c5ccccc5c(=O)c2c3=4)cc1S(=O)(=O)O.O=S(=O)=O.O=S(=O)=O. The van der Waals surface area contributed by atoms with Crippen LogP contribution in [0.25, 0.3) is 49.5 Å². The van der Waals surface area contributed by atoms with Gasteiger partial charge in [-0.3, -0.25) is 51.3 Å². The number of carbonyl (C=O) groups excluding carboxylic acids is 2. The summed E-state index contributed by atoms with van der Waals surface area (Å²) in [5.41, 5.74) is -4.15. The number of carbonyl (C=O) groups is 2. The summed E-state index contributed by atoms with van der Waals surface area (Å²) in [5.74, 6) is -2.74. The molecule has 2 aromatic heterocycles. The molecular weight excluding hydrogens is 1680 g/mol. The number of nitrogens with two attached hydrogens (primary N) is 1. The molecule has 0 unspecified atom stereocenters. The predicted molar refractivity (Wildman–Crippen MR) is 388 cm³/mol. The number of nitrogens with zero attached hydrogens (tertiary/aromatic N) is 5. The number of aromatic nitrogens is 5. The van der Waals surface area contributed by atoms with Crippen LogP contribution in [0.3, 0.4) is 0 Å². The van der Waals surface area contributed by atoms with Gasteiger partial charge in [0.05, 0.1) is 66.9 Å². The van der Waals surface area contributed by atoms with Gasteiger partial charge < -0.3 is 31.4 Å². The number of hydrogen-bond acceptors (Lipinski definition) is 32. The highest BCUT2D eigenvalue weighted by atomic mass is 35.5. The van der Waals surface area contributed by atoms with Crippen LogP contribution >= 0.6 is 23.2 Å². The third kappa shape index (κ3) is 16.6. The van der Waals surface area contributed by atoms with E-state index in [2.05, 4.69) is 35.6 Å². The number of fused-ring (bicyclic) bond motifs is 4. The van der Waals surface area contributed by atoms with E-state index in [0.717, 1.165) is 11.9 Å². The maximum absolute atomic E-state index is 14.4. The van der Waals surface area contributed by atoms with Crippen molar-refractivity contribution >= 4 is 195 Å². The second-order valence-corrected chi connectivity index (χ2v) is 32.4. The van der Waals surface area contributed by atoms with Gasteiger partial charge in [0.2, 0.25) is 16.5 Å². The van der Waals surface area contributed by atoms with E-state index in [0.29, 0.717) is 36.4 Å². The molecule has 39 nitrogen and oxygen atoms in total. The fraction of sp³-hybridized carbons (Fsp3) is 0.0161. The van der Waals surface area contributed by atoms with Crippen LogP contribution in [0.5, 0.6) is 0 Å². The molecule has 0 bridgehead atoms. The molecule has 0 radical (unpaired) electrons. The van der Waals surface area contributed by atoms with Gasteiger partial charge in [0.25, 0.3) is 71.8 Å². The maximum atomic E-state index is 14.4. The zero-order valence-electron chi connectivity index (χ0n) is 54.2. The molecule has 574 valence electrons. The van der Waals surface area contributed by atoms with Gasteiger partial charge in [-0.2, -0.15) is 65.5 Å². The minimum atomic E-state index is -5.40. The molecule has 0 atom stereocenters. The largest absolute Gasteiger partial charge is 0.506 e. The molecule has 49 heteroatoms. The van der Waals surface area contributed by atoms with Crippen molar-refractivity contribution in [1.82, 2.24) is 24.9 Å². The van der Waals surface area contributed by atoms with E-state index in [-0.39, 0.29) is 54.4 Å². The minimum Gasteiger partial charge on any atom is -0.506 e. The number of aliphatic hydroxyl groups is 1. The number of hydrogen-bond donors (Lipinski definition) is 11. The van der Waals surface area contributed by atoms with E-state index in [1.807, 2.05) is 0 Å². The molecule has 13 rings (SSSR count). The highest BCUT2D eigenvalue weighted by Crippen LogP contribution is 2.47. The number of halogens is 2. The Morgan fingerprint density at radius 1 is 0.486 bits per heavy atom. The summed E-state index contributed by atoms with van der Waals surface area (Å²) < 4.78 is 263. The Morgan fingerprint density at radius 3 is 1.45 bits per heavy atom. The number of H-pyrrole nitrogens is 1. The first-order valence-electron chi connectivity index (χ1n) is 29.4. The zero-order valence-corrected chi connectivity index (χ0v) is 62.3. The van der Waals surface area contributed by atoms with Crippen LogP contribution in [0.15, 0.2) is 189 Å². The van der Waals surface area contributed by atoms with Crippen molar-refractivity contribution in [3.8, 4) is 11.1 Å². The van der Waals surface area contributed by atoms with Gasteiger partial charge in [0, 0.05) is 50.5 Å². The van der Waals surface area contributed by atoms with E-state index >= 15 is 0 Å². The van der Waals surface area contributed by atoms with Crippen LogP contribution in [0, 0.1) is 10.4 Å². The van der Waals surface area contributed by atoms with Crippen LogP contribution in [-0.4, -0.2) is 152 Å². The van der Waals surface area contributed by atoms with Crippen molar-refractivity contribution in [3.05, 3.63) is 231 Å². The molecule has 3 aliphatic rings. The molecular formula is C62H39Cl2N9O30S8. The molecule has 1 aliphatic heterocycles. The van der Waals surface area contributed by atoms with Crippen LogP contribution in [-0.2, 0) is 81.9 Å². The summed E-state index contributed by atoms with van der Waals surface area (Å²) in [6.45, 7) is 0. The van der Waals surface area contributed by atoms with E-state index in [1.54, 1.807) is 24.3 Å². The normalized spacial score (nSPS) is 12.5. The quantitative estimate of drug-likeness (QED) is 0.0383. The first-order valence-corrected chi connectivity index (χ1v) is 40.8. The van der Waals surface area contributed by atoms with E-state index in [1.165, 1.54) is 84.9 Å². The summed E-state index contributed by atoms with van der Waals surface area (Å²) in [7, 11) is -36.8. The minimum absolute atomic E-state index is 0.0250. The number of rotatable bonds is 15. The number of benzene rings is 8. The average molecular weight is 1720 g/mol. The number of nitrogen functional groups attached to an aromatic ring is 1. The Bertz CT molecular complexity index is 7360. The second-order valence-electron chi connectivity index (χ2n) is 22.5. The van der Waals surface area contributed by atoms with Crippen molar-refractivity contribution in [3.63, 3.8) is 0 Å². The van der Waals surface area contributed by atoms with Crippen LogP contribution in [0.1, 0.15) is 37.4 Å². The molecule has 10 aromatic rings. The molecule has 0 fully saturated rings. The lowest BCUT2D eigenvalue weighted by Crippen LogP contribution is -2.33. The maximum Gasteiger partial charge on any atom is 0.425 e. The van der Waals surface area contributed by atoms with E-state index < -0.39 is 229 Å². The number of nitrogens with one attached hydrogen (secondary N) is 3. The first kappa shape index (κ1) is 81.9. The first-order chi connectivity index (χ1) is 51.5. The van der Waals surface area contributed by atoms with Crippen LogP contribution in [0.2, 0.25) is 10.6 Å². The lowest BCUT2D eigenvalue weighted by Gasteiger charge is -2.26. The van der Waals surface area contributed by atoms with E-state index in [9.17, 15) is 107 Å². The number of aliphatic hydroxyl groups excluding tert-OH is 1. The number of ketones is 2. The summed E-state index contributed by atoms with van der Waals surface area (Å²) in [6.07, 6.45) is 0. The fourth-order valence-corrected chi connectivity index (χ4v) is 16.1. The molecule has 0 saturated heterocycles. The van der Waals surface area contributed by atoms with Gasteiger partial charge in [-0.25, -0.2) is 4.98 Å². The molecule has 8 aromatic carbocycles. The van der Waals surface area contributed by atoms with Crippen molar-refractivity contribution in [2.45, 2.75) is 29.4 Å². The van der Waals surface area contributed by atoms with Crippen LogP contribution < -0.4 is 43.0 Å². The van der Waals surface area contributed by atoms with Crippen molar-refractivity contribution < 1.29 is 118 Å². The van der Waals surface area contributed by atoms with Gasteiger partial charge in [-0.1, -0.05) is 109 Å². The third-order valence-electron chi connectivity index (χ3n) is 15.9. The third-order valence-corrected chi connectivity index (χ3v) is 21.6. The smallest absolute Gasteiger partial charge is 0.425 e. The molecule has 0 amide bonds. The van der Waals surface area contributed by atoms with Crippen molar-refractivity contribution in [1.29, 1.82) is 0 Å². The highest BCUT2D eigenvalue weighted by molar-refractivity contribution is 7.87. The van der Waals surface area contributed by atoms with Crippen LogP contribution in [0.4, 0.5) is 40.1 Å². The summed E-state index contributed by atoms with van der Waals surface area (Å²) in [6, 6.07) is 30.1. The highest BCUT2D eigenvalue weighted by Gasteiger charge is 2.38. The Kier molecular flexibility index (Phi) is 22.4. The molecule has 0 saturated carbocycles. The monoisotopic (exact) mass is 1710 g/mol. The Balaban J connectivity index is 0.000000218. The van der Waals surface area contributed by atoms with Crippen molar-refractivity contribution in [2.24, 2.45) is 0 Å². The number of aromatic amines is 1. The molecule has 3 heterocycles. The second kappa shape index (κ2) is 30.3. The summed E-state index contributed by atoms with van der Waals surface area (Å²) in [5, 5.41) is 13.6. The summed E-state index contributed by atoms with van der Waals surface area (Å²) >= 11 is 11.7. The Morgan fingerprint density at radius 2 is 0.928 bits per heavy atom. The average Bonchev–Trinajstić information content (AvgIpc) is 0.706. The van der Waals surface area contributed by atoms with Gasteiger partial charge in [-0.05, 0) is 70.5 Å². The number of anilines is 7. The predicted octanol–water partition coefficient (Wildman–Crippen LogP) is 4.48. The Hall–Kier alpha value is -11.7. The number of pyridine rings is 1. The van der Waals surface area contributed by atoms with E-state index in [4.69, 9.17) is 54.2 Å². The van der Waals surface area contributed by atoms with Crippen molar-refractivity contribution in [2.75, 3.05) is 28.3 Å². The molecule has 12 N–H and O–H groups in total. The zero-order chi connectivity index (χ0) is 82.0. The lowest BCUT2D eigenvalue weighted by molar-refractivity contribution is 0.102. The van der Waals surface area contributed by atoms with Gasteiger partial charge in [0.1, 0.15) is 35.1 Å².